The number of anilines is 1. The number of carbonyl (C=O) groups is 2. The summed E-state index contributed by atoms with van der Waals surface area (Å²) in [4.78, 5) is 24.2. The van der Waals surface area contributed by atoms with Crippen LogP contribution in [-0.2, 0) is 14.3 Å². The Bertz CT molecular complexity index is 780. The summed E-state index contributed by atoms with van der Waals surface area (Å²) in [5.41, 5.74) is 1.36. The van der Waals surface area contributed by atoms with Crippen molar-refractivity contribution in [1.29, 1.82) is 0 Å². The highest BCUT2D eigenvalue weighted by molar-refractivity contribution is 5.93. The van der Waals surface area contributed by atoms with Crippen molar-refractivity contribution in [3.63, 3.8) is 0 Å². The van der Waals surface area contributed by atoms with Crippen LogP contribution in [0.5, 0.6) is 5.75 Å². The molecule has 0 aromatic heterocycles. The molecule has 0 aliphatic heterocycles. The largest absolute Gasteiger partial charge is 0.476 e. The molecule has 0 aliphatic carbocycles. The molecule has 0 spiro atoms. The van der Waals surface area contributed by atoms with Crippen molar-refractivity contribution in [2.75, 3.05) is 11.9 Å². The Morgan fingerprint density at radius 2 is 1.62 bits per heavy atom. The number of aryl methyl sites for hydroxylation is 2. The maximum Gasteiger partial charge on any atom is 0.350 e. The van der Waals surface area contributed by atoms with Gasteiger partial charge in [0, 0.05) is 5.69 Å². The number of rotatable bonds is 6. The van der Waals surface area contributed by atoms with E-state index in [4.69, 9.17) is 9.47 Å². The van der Waals surface area contributed by atoms with Gasteiger partial charge in [0.2, 0.25) is 0 Å². The van der Waals surface area contributed by atoms with Gasteiger partial charge in [0.25, 0.3) is 5.91 Å². The van der Waals surface area contributed by atoms with Crippen molar-refractivity contribution in [2.24, 2.45) is 0 Å². The average Bonchev–Trinajstić information content (AvgIpc) is 2.53. The molecule has 0 fully saturated rings. The molecule has 26 heavy (non-hydrogen) atoms. The zero-order valence-corrected chi connectivity index (χ0v) is 15.3. The van der Waals surface area contributed by atoms with Crippen molar-refractivity contribution in [3.05, 3.63) is 59.4 Å². The van der Waals surface area contributed by atoms with E-state index in [9.17, 15) is 14.0 Å². The summed E-state index contributed by atoms with van der Waals surface area (Å²) < 4.78 is 23.5. The van der Waals surface area contributed by atoms with Crippen LogP contribution < -0.4 is 10.1 Å². The molecule has 0 saturated carbocycles. The lowest BCUT2D eigenvalue weighted by atomic mass is 10.1. The maximum atomic E-state index is 12.9. The van der Waals surface area contributed by atoms with Gasteiger partial charge in [0.1, 0.15) is 11.6 Å². The van der Waals surface area contributed by atoms with E-state index >= 15 is 0 Å². The summed E-state index contributed by atoms with van der Waals surface area (Å²) in [6.07, 6.45) is 0. The number of nitrogens with one attached hydrogen (secondary N) is 1. The van der Waals surface area contributed by atoms with E-state index in [0.717, 1.165) is 11.1 Å². The molecule has 0 bridgehead atoms. The number of esters is 1. The first kappa shape index (κ1) is 19.4. The molecule has 2 rings (SSSR count). The van der Waals surface area contributed by atoms with Gasteiger partial charge in [-0.3, -0.25) is 4.79 Å². The first-order valence-corrected chi connectivity index (χ1v) is 8.16. The number of carbonyl (C=O) groups excluding carboxylic acids is 2. The summed E-state index contributed by atoms with van der Waals surface area (Å²) >= 11 is 0. The Morgan fingerprint density at radius 1 is 1.04 bits per heavy atom. The minimum atomic E-state index is -1.32. The number of amides is 1. The predicted octanol–water partition coefficient (Wildman–Crippen LogP) is 3.78. The number of benzene rings is 2. The molecular formula is C20H22FNO4. The van der Waals surface area contributed by atoms with E-state index in [1.165, 1.54) is 38.1 Å². The van der Waals surface area contributed by atoms with Gasteiger partial charge in [-0.2, -0.15) is 0 Å². The number of ether oxygens (including phenoxy) is 2. The van der Waals surface area contributed by atoms with Gasteiger partial charge in [0.05, 0.1) is 0 Å². The SMILES string of the molecule is Cc1cc(C)cc(NC(=O)COC(=O)C(C)(C)Oc2ccc(F)cc2)c1. The van der Waals surface area contributed by atoms with Crippen LogP contribution in [0.2, 0.25) is 0 Å². The molecule has 0 radical (unpaired) electrons. The van der Waals surface area contributed by atoms with E-state index in [0.29, 0.717) is 11.4 Å². The highest BCUT2D eigenvalue weighted by atomic mass is 19.1. The monoisotopic (exact) mass is 359 g/mol. The second kappa shape index (κ2) is 7.99. The van der Waals surface area contributed by atoms with Crippen LogP contribution in [0.15, 0.2) is 42.5 Å². The number of hydrogen-bond acceptors (Lipinski definition) is 4. The van der Waals surface area contributed by atoms with Crippen molar-refractivity contribution in [3.8, 4) is 5.75 Å². The molecule has 0 saturated heterocycles. The van der Waals surface area contributed by atoms with E-state index in [1.807, 2.05) is 32.0 Å². The smallest absolute Gasteiger partial charge is 0.350 e. The molecule has 1 N–H and O–H groups in total. The summed E-state index contributed by atoms with van der Waals surface area (Å²) in [7, 11) is 0. The van der Waals surface area contributed by atoms with E-state index < -0.39 is 29.9 Å². The van der Waals surface area contributed by atoms with Gasteiger partial charge >= 0.3 is 5.97 Å². The molecule has 2 aromatic rings. The summed E-state index contributed by atoms with van der Waals surface area (Å²) in [5.74, 6) is -1.22. The van der Waals surface area contributed by atoms with Crippen LogP contribution in [0.3, 0.4) is 0 Å². The van der Waals surface area contributed by atoms with Crippen LogP contribution in [0.1, 0.15) is 25.0 Å². The number of halogens is 1. The van der Waals surface area contributed by atoms with Crippen molar-refractivity contribution >= 4 is 17.6 Å². The minimum Gasteiger partial charge on any atom is -0.476 e. The first-order chi connectivity index (χ1) is 12.2. The Balaban J connectivity index is 1.89. The molecule has 2 aromatic carbocycles. The summed E-state index contributed by atoms with van der Waals surface area (Å²) in [5, 5.41) is 2.69. The highest BCUT2D eigenvalue weighted by Crippen LogP contribution is 2.20. The van der Waals surface area contributed by atoms with Crippen LogP contribution in [0.25, 0.3) is 0 Å². The van der Waals surface area contributed by atoms with Gasteiger partial charge in [-0.25, -0.2) is 9.18 Å². The van der Waals surface area contributed by atoms with Crippen LogP contribution in [0.4, 0.5) is 10.1 Å². The van der Waals surface area contributed by atoms with Crippen LogP contribution in [-0.4, -0.2) is 24.1 Å². The van der Waals surface area contributed by atoms with Gasteiger partial charge in [0.15, 0.2) is 12.2 Å². The average molecular weight is 359 g/mol. The molecule has 0 atom stereocenters. The van der Waals surface area contributed by atoms with Gasteiger partial charge in [-0.05, 0) is 75.2 Å². The molecule has 0 unspecified atom stereocenters. The zero-order valence-electron chi connectivity index (χ0n) is 15.3. The quantitative estimate of drug-likeness (QED) is 0.797. The Kier molecular flexibility index (Phi) is 5.97. The number of hydrogen-bond donors (Lipinski definition) is 1. The standard InChI is InChI=1S/C20H22FNO4/c1-13-9-14(2)11-16(10-13)22-18(23)12-25-19(24)20(3,4)26-17-7-5-15(21)6-8-17/h5-11H,12H2,1-4H3,(H,22,23). The fourth-order valence-electron chi connectivity index (χ4n) is 2.39. The van der Waals surface area contributed by atoms with E-state index in [2.05, 4.69) is 5.32 Å². The zero-order chi connectivity index (χ0) is 19.3. The van der Waals surface area contributed by atoms with Crippen LogP contribution >= 0.6 is 0 Å². The van der Waals surface area contributed by atoms with Crippen molar-refractivity contribution in [1.82, 2.24) is 0 Å². The molecule has 6 heteroatoms. The third-order valence-electron chi connectivity index (χ3n) is 3.52. The Morgan fingerprint density at radius 3 is 2.19 bits per heavy atom. The van der Waals surface area contributed by atoms with E-state index in [-0.39, 0.29) is 0 Å². The van der Waals surface area contributed by atoms with Gasteiger partial charge < -0.3 is 14.8 Å². The fourth-order valence-corrected chi connectivity index (χ4v) is 2.39. The first-order valence-electron chi connectivity index (χ1n) is 8.16. The lowest BCUT2D eigenvalue weighted by molar-refractivity contribution is -0.161. The Labute approximate surface area is 152 Å². The molecule has 1 amide bonds. The fraction of sp³-hybridized carbons (Fsp3) is 0.300. The normalized spacial score (nSPS) is 11.0. The van der Waals surface area contributed by atoms with Crippen LogP contribution in [0, 0.1) is 19.7 Å². The third-order valence-corrected chi connectivity index (χ3v) is 3.52. The lowest BCUT2D eigenvalue weighted by Gasteiger charge is -2.24. The molecule has 0 aliphatic rings. The molecule has 5 nitrogen and oxygen atoms in total. The van der Waals surface area contributed by atoms with E-state index in [1.54, 1.807) is 0 Å². The second-order valence-corrected chi connectivity index (χ2v) is 6.57. The second-order valence-electron chi connectivity index (χ2n) is 6.57. The van der Waals surface area contributed by atoms with Crippen molar-refractivity contribution < 1.29 is 23.5 Å². The molecular weight excluding hydrogens is 337 g/mol. The van der Waals surface area contributed by atoms with Gasteiger partial charge in [-0.15, -0.1) is 0 Å². The summed E-state index contributed by atoms with van der Waals surface area (Å²) in [6, 6.07) is 10.9. The molecule has 138 valence electrons. The highest BCUT2D eigenvalue weighted by Gasteiger charge is 2.32. The molecule has 0 heterocycles. The minimum absolute atomic E-state index is 0.327. The third kappa shape index (κ3) is 5.58. The Hall–Kier alpha value is -2.89. The predicted molar refractivity (Wildman–Crippen MR) is 96.6 cm³/mol. The summed E-state index contributed by atoms with van der Waals surface area (Å²) in [6.45, 7) is 6.46. The topological polar surface area (TPSA) is 64.6 Å². The van der Waals surface area contributed by atoms with Crippen molar-refractivity contribution in [2.45, 2.75) is 33.3 Å². The maximum absolute atomic E-state index is 12.9. The lowest BCUT2D eigenvalue weighted by Crippen LogP contribution is -2.41. The van der Waals surface area contributed by atoms with Gasteiger partial charge in [-0.1, -0.05) is 6.07 Å².